The number of carbonyl (C=O) groups excluding carboxylic acids is 2. The minimum absolute atomic E-state index is 0.125. The Morgan fingerprint density at radius 1 is 1.42 bits per heavy atom. The summed E-state index contributed by atoms with van der Waals surface area (Å²) < 4.78 is 0. The fourth-order valence-corrected chi connectivity index (χ4v) is 2.16. The van der Waals surface area contributed by atoms with Crippen LogP contribution in [0.15, 0.2) is 0 Å². The predicted molar refractivity (Wildman–Crippen MR) is 65.6 cm³/mol. The van der Waals surface area contributed by atoms with Crippen LogP contribution >= 0.6 is 0 Å². The summed E-state index contributed by atoms with van der Waals surface area (Å²) in [6.45, 7) is 5.49. The third-order valence-corrected chi connectivity index (χ3v) is 3.12. The largest absolute Gasteiger partial charge is 0.342 e. The lowest BCUT2D eigenvalue weighted by atomic mass is 10.0. The summed E-state index contributed by atoms with van der Waals surface area (Å²) >= 11 is 0. The van der Waals surface area contributed by atoms with Crippen molar-refractivity contribution in [3.63, 3.8) is 0 Å². The fourth-order valence-electron chi connectivity index (χ4n) is 2.16. The minimum Gasteiger partial charge on any atom is -0.342 e. The molecule has 1 unspecified atom stereocenters. The monoisotopic (exact) mass is 266 g/mol. The van der Waals surface area contributed by atoms with E-state index in [1.165, 1.54) is 4.80 Å². The quantitative estimate of drug-likeness (QED) is 0.758. The lowest BCUT2D eigenvalue weighted by molar-refractivity contribution is -0.139. The van der Waals surface area contributed by atoms with Crippen LogP contribution in [0.25, 0.3) is 0 Å². The second kappa shape index (κ2) is 4.60. The van der Waals surface area contributed by atoms with Crippen molar-refractivity contribution in [1.82, 2.24) is 30.4 Å². The van der Waals surface area contributed by atoms with Gasteiger partial charge in [0, 0.05) is 12.5 Å². The fraction of sp³-hybridized carbons (Fsp3) is 0.727. The molecule has 0 bridgehead atoms. The van der Waals surface area contributed by atoms with Gasteiger partial charge in [-0.3, -0.25) is 9.59 Å². The molecule has 0 saturated carbocycles. The molecule has 1 saturated heterocycles. The third kappa shape index (κ3) is 2.72. The molecule has 1 aliphatic rings. The van der Waals surface area contributed by atoms with E-state index in [9.17, 15) is 9.59 Å². The average Bonchev–Trinajstić information content (AvgIpc) is 2.66. The Labute approximate surface area is 111 Å². The van der Waals surface area contributed by atoms with Gasteiger partial charge >= 0.3 is 0 Å². The van der Waals surface area contributed by atoms with Gasteiger partial charge in [-0.25, -0.2) is 0 Å². The van der Waals surface area contributed by atoms with Crippen LogP contribution in [0.2, 0.25) is 0 Å². The Bertz CT molecular complexity index is 509. The molecule has 2 rings (SSSR count). The van der Waals surface area contributed by atoms with E-state index in [2.05, 4.69) is 20.7 Å². The van der Waals surface area contributed by atoms with Crippen molar-refractivity contribution < 1.29 is 9.59 Å². The molecule has 1 aromatic heterocycles. The molecule has 8 nitrogen and oxygen atoms in total. The first-order valence-electron chi connectivity index (χ1n) is 6.14. The molecule has 0 spiro atoms. The first kappa shape index (κ1) is 13.4. The molecule has 0 radical (unpaired) electrons. The number of aryl methyl sites for hydroxylation is 1. The van der Waals surface area contributed by atoms with Crippen molar-refractivity contribution in [1.29, 1.82) is 0 Å². The van der Waals surface area contributed by atoms with E-state index >= 15 is 0 Å². The van der Waals surface area contributed by atoms with Crippen molar-refractivity contribution in [2.45, 2.75) is 45.3 Å². The first-order chi connectivity index (χ1) is 8.79. The average molecular weight is 266 g/mol. The second-order valence-corrected chi connectivity index (χ2v) is 5.35. The molecular weight excluding hydrogens is 248 g/mol. The lowest BCUT2D eigenvalue weighted by Gasteiger charge is -2.30. The number of aromatic nitrogens is 4. The molecular formula is C11H18N6O2. The SMILES string of the molecule is CC1CC(=O)NC(C)(C)C(=O)N1Cc1nnn(C)n1. The van der Waals surface area contributed by atoms with Gasteiger partial charge < -0.3 is 10.2 Å². The maximum atomic E-state index is 12.5. The molecule has 2 amide bonds. The van der Waals surface area contributed by atoms with E-state index < -0.39 is 5.54 Å². The molecule has 0 aromatic carbocycles. The summed E-state index contributed by atoms with van der Waals surface area (Å²) in [7, 11) is 1.67. The summed E-state index contributed by atoms with van der Waals surface area (Å²) in [5.41, 5.74) is -0.913. The summed E-state index contributed by atoms with van der Waals surface area (Å²) in [5.74, 6) is 0.201. The summed E-state index contributed by atoms with van der Waals surface area (Å²) in [6, 6.07) is -0.196. The zero-order chi connectivity index (χ0) is 14.2. The van der Waals surface area contributed by atoms with Crippen LogP contribution < -0.4 is 5.32 Å². The van der Waals surface area contributed by atoms with E-state index in [1.807, 2.05) is 6.92 Å². The highest BCUT2D eigenvalue weighted by molar-refractivity contribution is 5.93. The van der Waals surface area contributed by atoms with Gasteiger partial charge in [0.2, 0.25) is 11.8 Å². The highest BCUT2D eigenvalue weighted by Crippen LogP contribution is 2.19. The molecule has 104 valence electrons. The first-order valence-corrected chi connectivity index (χ1v) is 6.14. The number of carbonyl (C=O) groups is 2. The number of tetrazole rings is 1. The maximum absolute atomic E-state index is 12.5. The molecule has 19 heavy (non-hydrogen) atoms. The van der Waals surface area contributed by atoms with Crippen molar-refractivity contribution in [3.05, 3.63) is 5.82 Å². The van der Waals surface area contributed by atoms with Gasteiger partial charge in [0.15, 0.2) is 5.82 Å². The Morgan fingerprint density at radius 2 is 2.11 bits per heavy atom. The molecule has 8 heteroatoms. The van der Waals surface area contributed by atoms with Gasteiger partial charge in [0.05, 0.1) is 13.6 Å². The van der Waals surface area contributed by atoms with E-state index in [-0.39, 0.29) is 30.8 Å². The molecule has 0 aliphatic carbocycles. The third-order valence-electron chi connectivity index (χ3n) is 3.12. The van der Waals surface area contributed by atoms with Gasteiger partial charge in [0.1, 0.15) is 5.54 Å². The molecule has 1 aliphatic heterocycles. The molecule has 1 aromatic rings. The van der Waals surface area contributed by atoms with Gasteiger partial charge in [-0.05, 0) is 26.0 Å². The van der Waals surface area contributed by atoms with E-state index in [1.54, 1.807) is 25.8 Å². The van der Waals surface area contributed by atoms with Gasteiger partial charge in [-0.2, -0.15) is 4.80 Å². The topological polar surface area (TPSA) is 93.0 Å². The van der Waals surface area contributed by atoms with Gasteiger partial charge in [0.25, 0.3) is 0 Å². The highest BCUT2D eigenvalue weighted by Gasteiger charge is 2.39. The summed E-state index contributed by atoms with van der Waals surface area (Å²) in [6.07, 6.45) is 0.273. The van der Waals surface area contributed by atoms with Crippen LogP contribution in [0.4, 0.5) is 0 Å². The molecule has 1 N–H and O–H groups in total. The minimum atomic E-state index is -0.913. The molecule has 2 heterocycles. The zero-order valence-electron chi connectivity index (χ0n) is 11.5. The molecule has 1 atom stereocenters. The van der Waals surface area contributed by atoms with E-state index in [4.69, 9.17) is 0 Å². The Hall–Kier alpha value is -1.99. The van der Waals surface area contributed by atoms with Crippen molar-refractivity contribution in [2.24, 2.45) is 7.05 Å². The van der Waals surface area contributed by atoms with Gasteiger partial charge in [-0.1, -0.05) is 0 Å². The number of hydrogen-bond acceptors (Lipinski definition) is 5. The highest BCUT2D eigenvalue weighted by atomic mass is 16.2. The summed E-state index contributed by atoms with van der Waals surface area (Å²) in [4.78, 5) is 27.1. The lowest BCUT2D eigenvalue weighted by Crippen LogP contribution is -2.53. The number of rotatable bonds is 2. The predicted octanol–water partition coefficient (Wildman–Crippen LogP) is -0.774. The normalized spacial score (nSPS) is 23.2. The van der Waals surface area contributed by atoms with Crippen molar-refractivity contribution >= 4 is 11.8 Å². The van der Waals surface area contributed by atoms with Crippen molar-refractivity contribution in [3.8, 4) is 0 Å². The zero-order valence-corrected chi connectivity index (χ0v) is 11.5. The summed E-state index contributed by atoms with van der Waals surface area (Å²) in [5, 5.41) is 14.4. The van der Waals surface area contributed by atoms with Gasteiger partial charge in [-0.15, -0.1) is 10.2 Å². The number of amides is 2. The number of nitrogens with zero attached hydrogens (tertiary/aromatic N) is 5. The van der Waals surface area contributed by atoms with Crippen LogP contribution in [0, 0.1) is 0 Å². The standard InChI is InChI=1S/C11H18N6O2/c1-7-5-9(18)12-11(2,3)10(19)17(7)6-8-13-15-16(4)14-8/h7H,5-6H2,1-4H3,(H,12,18). The Balaban J connectivity index is 2.25. The van der Waals surface area contributed by atoms with E-state index in [0.29, 0.717) is 5.82 Å². The second-order valence-electron chi connectivity index (χ2n) is 5.35. The van der Waals surface area contributed by atoms with Crippen LogP contribution in [0.1, 0.15) is 33.0 Å². The number of nitrogens with one attached hydrogen (secondary N) is 1. The Kier molecular flexibility index (Phi) is 3.25. The van der Waals surface area contributed by atoms with Crippen LogP contribution in [-0.2, 0) is 23.2 Å². The van der Waals surface area contributed by atoms with E-state index in [0.717, 1.165) is 0 Å². The smallest absolute Gasteiger partial charge is 0.248 e. The Morgan fingerprint density at radius 3 is 2.68 bits per heavy atom. The maximum Gasteiger partial charge on any atom is 0.248 e. The van der Waals surface area contributed by atoms with Crippen molar-refractivity contribution in [2.75, 3.05) is 0 Å². The number of hydrogen-bond donors (Lipinski definition) is 1. The molecule has 1 fully saturated rings. The van der Waals surface area contributed by atoms with Crippen LogP contribution in [0.3, 0.4) is 0 Å². The van der Waals surface area contributed by atoms with Crippen LogP contribution in [0.5, 0.6) is 0 Å². The van der Waals surface area contributed by atoms with Crippen LogP contribution in [-0.4, -0.2) is 48.5 Å².